The van der Waals surface area contributed by atoms with Gasteiger partial charge < -0.3 is 34.3 Å². The van der Waals surface area contributed by atoms with Crippen molar-refractivity contribution in [2.45, 2.75) is 18.3 Å². The SMILES string of the molecule is COc1cc(C=CC(O)=CC(=O)[C@H]2[C@@H](c3ccc(OC)c(OC)c3)C=CC[C@@H]2c2ccc(O)c(OC)c2)ccc1O. The van der Waals surface area contributed by atoms with Gasteiger partial charge in [-0.1, -0.05) is 36.4 Å². The van der Waals surface area contributed by atoms with Crippen molar-refractivity contribution in [2.75, 3.05) is 28.4 Å². The summed E-state index contributed by atoms with van der Waals surface area (Å²) >= 11 is 0. The molecule has 0 radical (unpaired) electrons. The molecule has 0 aromatic heterocycles. The van der Waals surface area contributed by atoms with Gasteiger partial charge in [0.2, 0.25) is 0 Å². The van der Waals surface area contributed by atoms with Crippen LogP contribution in [-0.4, -0.2) is 49.5 Å². The summed E-state index contributed by atoms with van der Waals surface area (Å²) in [5, 5.41) is 30.7. The first-order chi connectivity index (χ1) is 19.8. The summed E-state index contributed by atoms with van der Waals surface area (Å²) in [4.78, 5) is 13.9. The summed E-state index contributed by atoms with van der Waals surface area (Å²) in [7, 11) is 6.05. The second-order valence-corrected chi connectivity index (χ2v) is 9.60. The average molecular weight is 559 g/mol. The molecule has 0 bridgehead atoms. The number of aromatic hydroxyl groups is 2. The molecule has 1 aliphatic rings. The molecule has 0 heterocycles. The van der Waals surface area contributed by atoms with Gasteiger partial charge in [0.25, 0.3) is 0 Å². The van der Waals surface area contributed by atoms with Gasteiger partial charge >= 0.3 is 0 Å². The first-order valence-electron chi connectivity index (χ1n) is 13.0. The number of hydrogen-bond acceptors (Lipinski definition) is 8. The molecule has 3 N–H and O–H groups in total. The van der Waals surface area contributed by atoms with E-state index in [1.54, 1.807) is 56.7 Å². The Morgan fingerprint density at radius 1 is 0.780 bits per heavy atom. The minimum absolute atomic E-state index is 0.00283. The van der Waals surface area contributed by atoms with Crippen molar-refractivity contribution in [3.8, 4) is 34.5 Å². The number of carbonyl (C=O) groups is 1. The van der Waals surface area contributed by atoms with Crippen LogP contribution >= 0.6 is 0 Å². The van der Waals surface area contributed by atoms with Crippen molar-refractivity contribution in [1.82, 2.24) is 0 Å². The molecule has 3 atom stereocenters. The second-order valence-electron chi connectivity index (χ2n) is 9.60. The predicted molar refractivity (Wildman–Crippen MR) is 156 cm³/mol. The molecule has 3 aromatic rings. The molecule has 41 heavy (non-hydrogen) atoms. The van der Waals surface area contributed by atoms with Crippen LogP contribution in [0, 0.1) is 5.92 Å². The Morgan fingerprint density at radius 2 is 1.39 bits per heavy atom. The average Bonchev–Trinajstić information content (AvgIpc) is 3.00. The van der Waals surface area contributed by atoms with Gasteiger partial charge in [0, 0.05) is 17.9 Å². The number of phenolic OH excluding ortho intramolecular Hbond substituents is 2. The third-order valence-corrected chi connectivity index (χ3v) is 7.25. The standard InChI is InChI=1S/C33H34O8/c1-38-29-15-11-22(18-32(29)41-4)25-7-5-6-24(21-10-14-27(36)31(17-21)40-3)33(25)28(37)19-23(34)12-8-20-9-13-26(35)30(16-20)39-2/h5,7-19,24-25,33-36H,6H2,1-4H3/t24-,25-,33-/m1/s1. The molecular weight excluding hydrogens is 524 g/mol. The number of methoxy groups -OCH3 is 4. The van der Waals surface area contributed by atoms with Gasteiger partial charge in [-0.05, 0) is 71.5 Å². The maximum Gasteiger partial charge on any atom is 0.163 e. The number of aliphatic hydroxyl groups is 1. The molecule has 0 aliphatic heterocycles. The zero-order valence-corrected chi connectivity index (χ0v) is 23.4. The molecular formula is C33H34O8. The Hall–Kier alpha value is -4.85. The minimum atomic E-state index is -0.586. The van der Waals surface area contributed by atoms with Crippen molar-refractivity contribution in [3.63, 3.8) is 0 Å². The van der Waals surface area contributed by atoms with Gasteiger partial charge in [-0.25, -0.2) is 0 Å². The molecule has 4 rings (SSSR count). The summed E-state index contributed by atoms with van der Waals surface area (Å²) in [6.45, 7) is 0. The number of benzene rings is 3. The lowest BCUT2D eigenvalue weighted by Gasteiger charge is -2.34. The molecule has 0 saturated carbocycles. The van der Waals surface area contributed by atoms with Crippen LogP contribution in [0.3, 0.4) is 0 Å². The van der Waals surface area contributed by atoms with E-state index < -0.39 is 5.92 Å². The highest BCUT2D eigenvalue weighted by atomic mass is 16.5. The summed E-state index contributed by atoms with van der Waals surface area (Å²) in [5.74, 6) is 0.0688. The first-order valence-corrected chi connectivity index (χ1v) is 13.0. The highest BCUT2D eigenvalue weighted by Crippen LogP contribution is 2.46. The fourth-order valence-corrected chi connectivity index (χ4v) is 5.18. The third kappa shape index (κ3) is 6.49. The molecule has 0 unspecified atom stereocenters. The van der Waals surface area contributed by atoms with Crippen molar-refractivity contribution < 1.29 is 39.1 Å². The number of hydrogen-bond donors (Lipinski definition) is 3. The van der Waals surface area contributed by atoms with Gasteiger partial charge in [-0.3, -0.25) is 4.79 Å². The van der Waals surface area contributed by atoms with Crippen molar-refractivity contribution in [3.05, 3.63) is 101 Å². The Balaban J connectivity index is 1.73. The van der Waals surface area contributed by atoms with E-state index in [-0.39, 0.29) is 34.9 Å². The zero-order valence-electron chi connectivity index (χ0n) is 23.4. The van der Waals surface area contributed by atoms with E-state index in [4.69, 9.17) is 18.9 Å². The van der Waals surface area contributed by atoms with Gasteiger partial charge in [-0.15, -0.1) is 0 Å². The lowest BCUT2D eigenvalue weighted by molar-refractivity contribution is -0.119. The van der Waals surface area contributed by atoms with E-state index in [0.29, 0.717) is 35.0 Å². The molecule has 0 fully saturated rings. The van der Waals surface area contributed by atoms with E-state index >= 15 is 0 Å². The number of aliphatic hydroxyl groups excluding tert-OH is 1. The largest absolute Gasteiger partial charge is 0.508 e. The molecule has 0 saturated heterocycles. The van der Waals surface area contributed by atoms with Crippen LogP contribution in [0.2, 0.25) is 0 Å². The maximum atomic E-state index is 13.9. The van der Waals surface area contributed by atoms with Gasteiger partial charge in [0.15, 0.2) is 40.3 Å². The number of ether oxygens (including phenoxy) is 4. The molecule has 8 nitrogen and oxygen atoms in total. The van der Waals surface area contributed by atoms with Crippen LogP contribution in [0.15, 0.2) is 84.7 Å². The smallest absolute Gasteiger partial charge is 0.163 e. The Morgan fingerprint density at radius 3 is 2.07 bits per heavy atom. The number of ketones is 1. The molecule has 214 valence electrons. The summed E-state index contributed by atoms with van der Waals surface area (Å²) in [6.07, 6.45) is 8.89. The van der Waals surface area contributed by atoms with Gasteiger partial charge in [0.1, 0.15) is 5.76 Å². The number of phenols is 2. The first kappa shape index (κ1) is 29.1. The normalized spacial score (nSPS) is 18.7. The van der Waals surface area contributed by atoms with E-state index in [1.165, 1.54) is 32.4 Å². The summed E-state index contributed by atoms with van der Waals surface area (Å²) < 4.78 is 21.4. The van der Waals surface area contributed by atoms with Crippen LogP contribution < -0.4 is 18.9 Å². The lowest BCUT2D eigenvalue weighted by Crippen LogP contribution is -2.29. The fraction of sp³-hybridized carbons (Fsp3) is 0.242. The van der Waals surface area contributed by atoms with Crippen LogP contribution in [0.4, 0.5) is 0 Å². The molecule has 0 spiro atoms. The fourth-order valence-electron chi connectivity index (χ4n) is 5.18. The molecule has 3 aromatic carbocycles. The van der Waals surface area contributed by atoms with Crippen LogP contribution in [0.25, 0.3) is 6.08 Å². The van der Waals surface area contributed by atoms with Crippen LogP contribution in [0.5, 0.6) is 34.5 Å². The van der Waals surface area contributed by atoms with Crippen LogP contribution in [-0.2, 0) is 4.79 Å². The number of rotatable bonds is 10. The second kappa shape index (κ2) is 13.0. The molecule has 1 aliphatic carbocycles. The van der Waals surface area contributed by atoms with E-state index in [1.807, 2.05) is 24.3 Å². The van der Waals surface area contributed by atoms with E-state index in [2.05, 4.69) is 0 Å². The Labute approximate surface area is 239 Å². The minimum Gasteiger partial charge on any atom is -0.508 e. The number of carbonyl (C=O) groups excluding carboxylic acids is 1. The van der Waals surface area contributed by atoms with Crippen molar-refractivity contribution >= 4 is 11.9 Å². The number of allylic oxidation sites excluding steroid dienone is 4. The highest BCUT2D eigenvalue weighted by Gasteiger charge is 2.37. The predicted octanol–water partition coefficient (Wildman–Crippen LogP) is 6.30. The summed E-state index contributed by atoms with van der Waals surface area (Å²) in [6, 6.07) is 15.4. The Kier molecular flexibility index (Phi) is 9.24. The molecule has 8 heteroatoms. The highest BCUT2D eigenvalue weighted by molar-refractivity contribution is 5.94. The third-order valence-electron chi connectivity index (χ3n) is 7.25. The monoisotopic (exact) mass is 558 g/mol. The maximum absolute atomic E-state index is 13.9. The topological polar surface area (TPSA) is 115 Å². The molecule has 0 amide bonds. The Bertz CT molecular complexity index is 1490. The van der Waals surface area contributed by atoms with Crippen molar-refractivity contribution in [1.29, 1.82) is 0 Å². The quantitative estimate of drug-likeness (QED) is 0.115. The van der Waals surface area contributed by atoms with E-state index in [0.717, 1.165) is 11.1 Å². The van der Waals surface area contributed by atoms with Gasteiger partial charge in [-0.2, -0.15) is 0 Å². The van der Waals surface area contributed by atoms with Crippen LogP contribution in [0.1, 0.15) is 34.9 Å². The summed E-state index contributed by atoms with van der Waals surface area (Å²) in [5.41, 5.74) is 2.35. The van der Waals surface area contributed by atoms with Crippen molar-refractivity contribution in [2.24, 2.45) is 5.92 Å². The van der Waals surface area contributed by atoms with E-state index in [9.17, 15) is 20.1 Å². The lowest BCUT2D eigenvalue weighted by atomic mass is 9.68. The zero-order chi connectivity index (χ0) is 29.5. The van der Waals surface area contributed by atoms with Gasteiger partial charge in [0.05, 0.1) is 28.4 Å².